The van der Waals surface area contributed by atoms with E-state index in [1.165, 1.54) is 0 Å². The van der Waals surface area contributed by atoms with E-state index < -0.39 is 0 Å². The van der Waals surface area contributed by atoms with Crippen molar-refractivity contribution in [3.05, 3.63) is 34.9 Å². The zero-order valence-electron chi connectivity index (χ0n) is 13.3. The highest BCUT2D eigenvalue weighted by Gasteiger charge is 2.17. The normalized spacial score (nSPS) is 11.3. The summed E-state index contributed by atoms with van der Waals surface area (Å²) in [5.74, 6) is 0.106. The Morgan fingerprint density at radius 1 is 1.24 bits per heavy atom. The third-order valence-electron chi connectivity index (χ3n) is 3.84. The summed E-state index contributed by atoms with van der Waals surface area (Å²) in [6, 6.07) is 7.75. The van der Waals surface area contributed by atoms with Crippen molar-refractivity contribution >= 4 is 17.4 Å². The second-order valence-electron chi connectivity index (χ2n) is 5.15. The first kappa shape index (κ1) is 18.1. The molecule has 1 rings (SSSR count). The van der Waals surface area contributed by atoms with Gasteiger partial charge in [-0.3, -0.25) is 9.69 Å². The molecule has 0 aliphatic rings. The third-order valence-corrected chi connectivity index (χ3v) is 4.17. The maximum absolute atomic E-state index is 12.3. The third kappa shape index (κ3) is 5.77. The van der Waals surface area contributed by atoms with Crippen molar-refractivity contribution < 1.29 is 9.53 Å². The summed E-state index contributed by atoms with van der Waals surface area (Å²) in [6.07, 6.45) is 2.66. The standard InChI is InChI=1S/C17H26ClNO2/c1-4-14(5-2)19(12-13-21-3)11-10-17(20)15-8-6-7-9-16(15)18/h6-9,14H,4-5,10-13H2,1-3H3. The molecule has 4 heteroatoms. The molecular weight excluding hydrogens is 286 g/mol. The second kappa shape index (κ2) is 9.93. The molecule has 0 atom stereocenters. The molecule has 0 bridgehead atoms. The lowest BCUT2D eigenvalue weighted by atomic mass is 10.1. The second-order valence-corrected chi connectivity index (χ2v) is 5.56. The summed E-state index contributed by atoms with van der Waals surface area (Å²) in [4.78, 5) is 14.6. The van der Waals surface area contributed by atoms with E-state index in [0.29, 0.717) is 29.7 Å². The molecule has 21 heavy (non-hydrogen) atoms. The maximum Gasteiger partial charge on any atom is 0.165 e. The minimum absolute atomic E-state index is 0.106. The van der Waals surface area contributed by atoms with Crippen LogP contribution >= 0.6 is 11.6 Å². The molecule has 0 amide bonds. The lowest BCUT2D eigenvalue weighted by Gasteiger charge is -2.30. The van der Waals surface area contributed by atoms with Crippen LogP contribution in [0.5, 0.6) is 0 Å². The predicted octanol–water partition coefficient (Wildman–Crippen LogP) is 4.05. The van der Waals surface area contributed by atoms with Crippen molar-refractivity contribution in [1.29, 1.82) is 0 Å². The zero-order valence-corrected chi connectivity index (χ0v) is 14.0. The number of benzene rings is 1. The topological polar surface area (TPSA) is 29.5 Å². The van der Waals surface area contributed by atoms with Crippen molar-refractivity contribution in [3.8, 4) is 0 Å². The van der Waals surface area contributed by atoms with Crippen molar-refractivity contribution in [3.63, 3.8) is 0 Å². The quantitative estimate of drug-likeness (QED) is 0.611. The lowest BCUT2D eigenvalue weighted by molar-refractivity contribution is 0.0898. The smallest absolute Gasteiger partial charge is 0.165 e. The Labute approximate surface area is 133 Å². The molecule has 0 fully saturated rings. The molecule has 1 aromatic rings. The van der Waals surface area contributed by atoms with Gasteiger partial charge in [-0.2, -0.15) is 0 Å². The Bertz CT molecular complexity index is 433. The van der Waals surface area contributed by atoms with E-state index in [4.69, 9.17) is 16.3 Å². The maximum atomic E-state index is 12.3. The van der Waals surface area contributed by atoms with Crippen molar-refractivity contribution in [1.82, 2.24) is 4.90 Å². The van der Waals surface area contributed by atoms with E-state index >= 15 is 0 Å². The van der Waals surface area contributed by atoms with Crippen LogP contribution in [0.3, 0.4) is 0 Å². The van der Waals surface area contributed by atoms with Gasteiger partial charge in [0.1, 0.15) is 0 Å². The summed E-state index contributed by atoms with van der Waals surface area (Å²) in [5, 5.41) is 0.536. The Hall–Kier alpha value is -0.900. The summed E-state index contributed by atoms with van der Waals surface area (Å²) >= 11 is 6.08. The molecule has 3 nitrogen and oxygen atoms in total. The molecular formula is C17H26ClNO2. The largest absolute Gasteiger partial charge is 0.383 e. The van der Waals surface area contributed by atoms with Crippen LogP contribution in [0.4, 0.5) is 0 Å². The molecule has 0 saturated heterocycles. The van der Waals surface area contributed by atoms with Crippen LogP contribution in [0.25, 0.3) is 0 Å². The fourth-order valence-corrected chi connectivity index (χ4v) is 2.80. The number of halogens is 1. The van der Waals surface area contributed by atoms with Gasteiger partial charge in [-0.25, -0.2) is 0 Å². The van der Waals surface area contributed by atoms with Crippen LogP contribution in [-0.2, 0) is 4.74 Å². The van der Waals surface area contributed by atoms with Gasteiger partial charge in [-0.05, 0) is 25.0 Å². The van der Waals surface area contributed by atoms with Gasteiger partial charge in [0.05, 0.1) is 11.6 Å². The van der Waals surface area contributed by atoms with Crippen LogP contribution in [0, 0.1) is 0 Å². The van der Waals surface area contributed by atoms with Gasteiger partial charge < -0.3 is 4.74 Å². The summed E-state index contributed by atoms with van der Waals surface area (Å²) in [5.41, 5.74) is 0.621. The highest BCUT2D eigenvalue weighted by Crippen LogP contribution is 2.17. The Balaban J connectivity index is 2.63. The molecule has 0 radical (unpaired) electrons. The average molecular weight is 312 g/mol. The van der Waals surface area contributed by atoms with Crippen LogP contribution in [-0.4, -0.2) is 43.5 Å². The van der Waals surface area contributed by atoms with Gasteiger partial charge in [0.2, 0.25) is 0 Å². The molecule has 1 aromatic carbocycles. The SMILES string of the molecule is CCC(CC)N(CCOC)CCC(=O)c1ccccc1Cl. The average Bonchev–Trinajstić information content (AvgIpc) is 2.50. The summed E-state index contributed by atoms with van der Waals surface area (Å²) < 4.78 is 5.17. The van der Waals surface area contributed by atoms with Gasteiger partial charge in [0, 0.05) is 38.2 Å². The summed E-state index contributed by atoms with van der Waals surface area (Å²) in [6.45, 7) is 6.67. The van der Waals surface area contributed by atoms with E-state index in [1.54, 1.807) is 19.2 Å². The van der Waals surface area contributed by atoms with E-state index in [1.807, 2.05) is 12.1 Å². The van der Waals surface area contributed by atoms with Crippen molar-refractivity contribution in [2.24, 2.45) is 0 Å². The number of hydrogen-bond acceptors (Lipinski definition) is 3. The minimum Gasteiger partial charge on any atom is -0.383 e. The molecule has 0 heterocycles. The van der Waals surface area contributed by atoms with Gasteiger partial charge in [-0.15, -0.1) is 0 Å². The Kier molecular flexibility index (Phi) is 8.58. The van der Waals surface area contributed by atoms with Gasteiger partial charge in [-0.1, -0.05) is 37.6 Å². The van der Waals surface area contributed by atoms with Crippen LogP contribution in [0.2, 0.25) is 5.02 Å². The molecule has 0 aliphatic carbocycles. The highest BCUT2D eigenvalue weighted by atomic mass is 35.5. The molecule has 0 aromatic heterocycles. The highest BCUT2D eigenvalue weighted by molar-refractivity contribution is 6.33. The van der Waals surface area contributed by atoms with Crippen LogP contribution < -0.4 is 0 Å². The fraction of sp³-hybridized carbons (Fsp3) is 0.588. The number of methoxy groups -OCH3 is 1. The number of carbonyl (C=O) groups is 1. The number of Topliss-reactive ketones (excluding diaryl/α,β-unsaturated/α-hetero) is 1. The molecule has 118 valence electrons. The van der Waals surface area contributed by atoms with Crippen LogP contribution in [0.1, 0.15) is 43.5 Å². The van der Waals surface area contributed by atoms with Crippen molar-refractivity contribution in [2.75, 3.05) is 26.8 Å². The van der Waals surface area contributed by atoms with E-state index in [9.17, 15) is 4.79 Å². The van der Waals surface area contributed by atoms with E-state index in [0.717, 1.165) is 25.9 Å². The Morgan fingerprint density at radius 2 is 1.90 bits per heavy atom. The monoisotopic (exact) mass is 311 g/mol. The number of ether oxygens (including phenoxy) is 1. The first-order valence-electron chi connectivity index (χ1n) is 7.64. The molecule has 0 spiro atoms. The Morgan fingerprint density at radius 3 is 2.48 bits per heavy atom. The fourth-order valence-electron chi connectivity index (χ4n) is 2.56. The van der Waals surface area contributed by atoms with Gasteiger partial charge >= 0.3 is 0 Å². The van der Waals surface area contributed by atoms with Crippen molar-refractivity contribution in [2.45, 2.75) is 39.2 Å². The molecule has 0 N–H and O–H groups in total. The minimum atomic E-state index is 0.106. The number of nitrogens with zero attached hydrogens (tertiary/aromatic N) is 1. The van der Waals surface area contributed by atoms with E-state index in [-0.39, 0.29) is 5.78 Å². The first-order chi connectivity index (χ1) is 10.1. The lowest BCUT2D eigenvalue weighted by Crippen LogP contribution is -2.38. The predicted molar refractivity (Wildman–Crippen MR) is 88.2 cm³/mol. The number of rotatable bonds is 10. The number of ketones is 1. The van der Waals surface area contributed by atoms with Crippen LogP contribution in [0.15, 0.2) is 24.3 Å². The van der Waals surface area contributed by atoms with E-state index in [2.05, 4.69) is 18.7 Å². The first-order valence-corrected chi connectivity index (χ1v) is 8.02. The van der Waals surface area contributed by atoms with Gasteiger partial charge in [0.15, 0.2) is 5.78 Å². The summed E-state index contributed by atoms with van der Waals surface area (Å²) in [7, 11) is 1.71. The molecule has 0 saturated carbocycles. The zero-order chi connectivity index (χ0) is 15.7. The molecule has 0 aliphatic heterocycles. The van der Waals surface area contributed by atoms with Gasteiger partial charge in [0.25, 0.3) is 0 Å². The number of carbonyl (C=O) groups excluding carboxylic acids is 1. The number of hydrogen-bond donors (Lipinski definition) is 0. The molecule has 0 unspecified atom stereocenters.